The van der Waals surface area contributed by atoms with Gasteiger partial charge in [-0.1, -0.05) is 12.1 Å². The van der Waals surface area contributed by atoms with Crippen LogP contribution in [-0.2, 0) is 6.42 Å². The van der Waals surface area contributed by atoms with Crippen LogP contribution in [0, 0.1) is 11.7 Å². The van der Waals surface area contributed by atoms with Crippen LogP contribution >= 0.6 is 0 Å². The molecule has 1 aromatic heterocycles. The van der Waals surface area contributed by atoms with Crippen molar-refractivity contribution < 1.29 is 14.3 Å². The molecule has 2 aromatic rings. The predicted molar refractivity (Wildman–Crippen MR) is 89.3 cm³/mol. The lowest BCUT2D eigenvalue weighted by atomic mass is 9.91. The minimum absolute atomic E-state index is 0.0732. The highest BCUT2D eigenvalue weighted by Gasteiger charge is 2.26. The number of amides is 1. The van der Waals surface area contributed by atoms with Gasteiger partial charge in [-0.3, -0.25) is 4.79 Å². The molecule has 0 bridgehead atoms. The third kappa shape index (κ3) is 3.91. The summed E-state index contributed by atoms with van der Waals surface area (Å²) in [6.07, 6.45) is 5.39. The molecule has 1 atom stereocenters. The average molecular weight is 328 g/mol. The number of hydrogen-bond donors (Lipinski definition) is 1. The smallest absolute Gasteiger partial charge is 0.276 e. The molecule has 126 valence electrons. The standard InChI is InChI=1S/C19H21FN2O2/c20-16-9-7-14(8-10-16)5-6-15-3-2-12-22(13-15)19(24)18-17(23)4-1-11-21-18/h1,4,7-11,15,23H,2-3,5-6,12-13H2. The van der Waals surface area contributed by atoms with Crippen LogP contribution in [0.1, 0.15) is 35.3 Å². The van der Waals surface area contributed by atoms with Crippen LogP contribution in [0.5, 0.6) is 5.75 Å². The second-order valence-corrected chi connectivity index (χ2v) is 6.30. The van der Waals surface area contributed by atoms with Crippen LogP contribution in [0.2, 0.25) is 0 Å². The second-order valence-electron chi connectivity index (χ2n) is 6.30. The number of piperidine rings is 1. The zero-order chi connectivity index (χ0) is 16.9. The molecule has 1 aliphatic heterocycles. The van der Waals surface area contributed by atoms with Gasteiger partial charge in [-0.15, -0.1) is 0 Å². The van der Waals surface area contributed by atoms with Crippen LogP contribution in [-0.4, -0.2) is 34.0 Å². The van der Waals surface area contributed by atoms with Crippen LogP contribution < -0.4 is 0 Å². The summed E-state index contributed by atoms with van der Waals surface area (Å²) in [6.45, 7) is 1.37. The molecular formula is C19H21FN2O2. The van der Waals surface area contributed by atoms with Crippen LogP contribution in [0.3, 0.4) is 0 Å². The summed E-state index contributed by atoms with van der Waals surface area (Å²) in [5.41, 5.74) is 1.24. The fourth-order valence-corrected chi connectivity index (χ4v) is 3.22. The quantitative estimate of drug-likeness (QED) is 0.936. The number of rotatable bonds is 4. The summed E-state index contributed by atoms with van der Waals surface area (Å²) >= 11 is 0. The Morgan fingerprint density at radius 2 is 2.08 bits per heavy atom. The van der Waals surface area contributed by atoms with Crippen molar-refractivity contribution in [1.82, 2.24) is 9.88 Å². The molecular weight excluding hydrogens is 307 g/mol. The van der Waals surface area contributed by atoms with Gasteiger partial charge in [-0.25, -0.2) is 9.37 Å². The number of aromatic nitrogens is 1. The predicted octanol–water partition coefficient (Wildman–Crippen LogP) is 3.41. The van der Waals surface area contributed by atoms with Gasteiger partial charge >= 0.3 is 0 Å². The van der Waals surface area contributed by atoms with E-state index in [-0.39, 0.29) is 23.2 Å². The highest BCUT2D eigenvalue weighted by Crippen LogP contribution is 2.24. The molecule has 0 aliphatic carbocycles. The summed E-state index contributed by atoms with van der Waals surface area (Å²) in [5.74, 6) is -0.0857. The van der Waals surface area contributed by atoms with E-state index in [9.17, 15) is 14.3 Å². The van der Waals surface area contributed by atoms with Crippen LogP contribution in [0.15, 0.2) is 42.6 Å². The van der Waals surface area contributed by atoms with E-state index < -0.39 is 0 Å². The molecule has 4 nitrogen and oxygen atoms in total. The first-order chi connectivity index (χ1) is 11.6. The normalized spacial score (nSPS) is 17.7. The number of aryl methyl sites for hydroxylation is 1. The molecule has 1 fully saturated rings. The van der Waals surface area contributed by atoms with E-state index in [1.54, 1.807) is 11.0 Å². The van der Waals surface area contributed by atoms with Crippen molar-refractivity contribution in [3.8, 4) is 5.75 Å². The Bertz CT molecular complexity index is 703. The first-order valence-corrected chi connectivity index (χ1v) is 8.31. The molecule has 5 heteroatoms. The van der Waals surface area contributed by atoms with E-state index in [0.29, 0.717) is 19.0 Å². The highest BCUT2D eigenvalue weighted by atomic mass is 19.1. The van der Waals surface area contributed by atoms with Crippen molar-refractivity contribution in [2.24, 2.45) is 5.92 Å². The van der Waals surface area contributed by atoms with Gasteiger partial charge in [0.15, 0.2) is 5.69 Å². The maximum Gasteiger partial charge on any atom is 0.276 e. The third-order valence-electron chi connectivity index (χ3n) is 4.55. The van der Waals surface area contributed by atoms with E-state index in [1.165, 1.54) is 24.4 Å². The third-order valence-corrected chi connectivity index (χ3v) is 4.55. The Labute approximate surface area is 141 Å². The Hall–Kier alpha value is -2.43. The highest BCUT2D eigenvalue weighted by molar-refractivity contribution is 5.94. The van der Waals surface area contributed by atoms with Crippen molar-refractivity contribution in [2.45, 2.75) is 25.7 Å². The number of carbonyl (C=O) groups excluding carboxylic acids is 1. The lowest BCUT2D eigenvalue weighted by Crippen LogP contribution is -2.40. The van der Waals surface area contributed by atoms with E-state index in [1.807, 2.05) is 12.1 Å². The summed E-state index contributed by atoms with van der Waals surface area (Å²) in [6, 6.07) is 9.68. The van der Waals surface area contributed by atoms with Gasteiger partial charge in [-0.05, 0) is 61.4 Å². The Balaban J connectivity index is 1.59. The van der Waals surface area contributed by atoms with Crippen LogP contribution in [0.4, 0.5) is 4.39 Å². The fourth-order valence-electron chi connectivity index (χ4n) is 3.22. The van der Waals surface area contributed by atoms with E-state index >= 15 is 0 Å². The maximum atomic E-state index is 12.9. The summed E-state index contributed by atoms with van der Waals surface area (Å²) in [5, 5.41) is 9.81. The molecule has 1 saturated heterocycles. The topological polar surface area (TPSA) is 53.4 Å². The van der Waals surface area contributed by atoms with Crippen LogP contribution in [0.25, 0.3) is 0 Å². The minimum Gasteiger partial charge on any atom is -0.505 e. The second kappa shape index (κ2) is 7.43. The number of nitrogens with zero attached hydrogens (tertiary/aromatic N) is 2. The van der Waals surface area contributed by atoms with Gasteiger partial charge in [0.05, 0.1) is 0 Å². The van der Waals surface area contributed by atoms with E-state index in [2.05, 4.69) is 4.98 Å². The molecule has 0 spiro atoms. The Kier molecular flexibility index (Phi) is 5.08. The Morgan fingerprint density at radius 1 is 1.29 bits per heavy atom. The molecule has 1 N–H and O–H groups in total. The largest absolute Gasteiger partial charge is 0.505 e. The summed E-state index contributed by atoms with van der Waals surface area (Å²) in [4.78, 5) is 18.3. The SMILES string of the molecule is O=C(c1ncccc1O)N1CCCC(CCc2ccc(F)cc2)C1. The van der Waals surface area contributed by atoms with Crippen molar-refractivity contribution in [3.05, 3.63) is 59.7 Å². The number of halogens is 1. The maximum absolute atomic E-state index is 12.9. The van der Waals surface area contributed by atoms with Crippen molar-refractivity contribution in [2.75, 3.05) is 13.1 Å². The molecule has 1 aromatic carbocycles. The zero-order valence-electron chi connectivity index (χ0n) is 13.5. The number of likely N-dealkylation sites (tertiary alicyclic amines) is 1. The van der Waals surface area contributed by atoms with Gasteiger partial charge in [0, 0.05) is 19.3 Å². The van der Waals surface area contributed by atoms with Crippen molar-refractivity contribution >= 4 is 5.91 Å². The summed E-state index contributed by atoms with van der Waals surface area (Å²) in [7, 11) is 0. The van der Waals surface area contributed by atoms with Gasteiger partial charge in [0.1, 0.15) is 11.6 Å². The summed E-state index contributed by atoms with van der Waals surface area (Å²) < 4.78 is 12.9. The molecule has 0 radical (unpaired) electrons. The van der Waals surface area contributed by atoms with Crippen molar-refractivity contribution in [3.63, 3.8) is 0 Å². The number of hydrogen-bond acceptors (Lipinski definition) is 3. The van der Waals surface area contributed by atoms with Gasteiger partial charge in [0.25, 0.3) is 5.91 Å². The molecule has 1 aliphatic rings. The number of aromatic hydroxyl groups is 1. The van der Waals surface area contributed by atoms with Gasteiger partial charge in [-0.2, -0.15) is 0 Å². The minimum atomic E-state index is -0.219. The molecule has 24 heavy (non-hydrogen) atoms. The van der Waals surface area contributed by atoms with Gasteiger partial charge in [0.2, 0.25) is 0 Å². The molecule has 2 heterocycles. The van der Waals surface area contributed by atoms with Gasteiger partial charge < -0.3 is 10.0 Å². The lowest BCUT2D eigenvalue weighted by molar-refractivity contribution is 0.0659. The van der Waals surface area contributed by atoms with E-state index in [4.69, 9.17) is 0 Å². The lowest BCUT2D eigenvalue weighted by Gasteiger charge is -2.32. The molecule has 1 unspecified atom stereocenters. The molecule has 1 amide bonds. The molecule has 0 saturated carbocycles. The van der Waals surface area contributed by atoms with Crippen molar-refractivity contribution in [1.29, 1.82) is 0 Å². The first-order valence-electron chi connectivity index (χ1n) is 8.31. The number of pyridine rings is 1. The first kappa shape index (κ1) is 16.4. The van der Waals surface area contributed by atoms with E-state index in [0.717, 1.165) is 31.2 Å². The number of carbonyl (C=O) groups is 1. The Morgan fingerprint density at radius 3 is 2.83 bits per heavy atom. The molecule has 3 rings (SSSR count). The average Bonchev–Trinajstić information content (AvgIpc) is 2.61. The fraction of sp³-hybridized carbons (Fsp3) is 0.368. The number of benzene rings is 1. The monoisotopic (exact) mass is 328 g/mol. The zero-order valence-corrected chi connectivity index (χ0v) is 13.5.